The maximum absolute atomic E-state index is 5.93. The molecular weight excluding hydrogens is 402 g/mol. The Morgan fingerprint density at radius 2 is 1.83 bits per heavy atom. The van der Waals surface area contributed by atoms with Crippen LogP contribution in [0.2, 0.25) is 5.02 Å². The van der Waals surface area contributed by atoms with Crippen molar-refractivity contribution in [2.45, 2.75) is 6.61 Å². The second kappa shape index (κ2) is 9.37. The lowest BCUT2D eigenvalue weighted by Crippen LogP contribution is -1.96. The summed E-state index contributed by atoms with van der Waals surface area (Å²) in [5.41, 5.74) is 6.97. The van der Waals surface area contributed by atoms with Gasteiger partial charge in [-0.2, -0.15) is 5.10 Å². The van der Waals surface area contributed by atoms with Crippen LogP contribution in [-0.4, -0.2) is 11.2 Å². The van der Waals surface area contributed by atoms with Crippen LogP contribution in [-0.2, 0) is 6.61 Å². The van der Waals surface area contributed by atoms with E-state index in [1.807, 2.05) is 84.2 Å². The Balaban J connectivity index is 1.35. The minimum Gasteiger partial charge on any atom is -0.489 e. The fourth-order valence-corrected chi connectivity index (χ4v) is 3.46. The Morgan fingerprint density at radius 1 is 1.00 bits per heavy atom. The van der Waals surface area contributed by atoms with Gasteiger partial charge in [0.1, 0.15) is 12.4 Å². The number of benzene rings is 3. The molecule has 1 heterocycles. The lowest BCUT2D eigenvalue weighted by Gasteiger charge is -2.06. The van der Waals surface area contributed by atoms with Crippen molar-refractivity contribution in [1.29, 1.82) is 0 Å². The van der Waals surface area contributed by atoms with Gasteiger partial charge in [-0.25, -0.2) is 4.98 Å². The number of rotatable bonds is 7. The van der Waals surface area contributed by atoms with Gasteiger partial charge in [-0.1, -0.05) is 66.2 Å². The molecule has 0 radical (unpaired) electrons. The third-order valence-corrected chi connectivity index (χ3v) is 5.12. The van der Waals surface area contributed by atoms with Gasteiger partial charge in [-0.3, -0.25) is 5.43 Å². The van der Waals surface area contributed by atoms with Crippen molar-refractivity contribution < 1.29 is 4.74 Å². The van der Waals surface area contributed by atoms with E-state index >= 15 is 0 Å². The van der Waals surface area contributed by atoms with Gasteiger partial charge in [-0.05, 0) is 35.4 Å². The van der Waals surface area contributed by atoms with Crippen molar-refractivity contribution in [3.8, 4) is 17.0 Å². The summed E-state index contributed by atoms with van der Waals surface area (Å²) in [7, 11) is 0. The monoisotopic (exact) mass is 419 g/mol. The summed E-state index contributed by atoms with van der Waals surface area (Å²) in [6.07, 6.45) is 1.75. The van der Waals surface area contributed by atoms with Crippen molar-refractivity contribution in [1.82, 2.24) is 4.98 Å². The number of thiazole rings is 1. The maximum Gasteiger partial charge on any atom is 0.203 e. The summed E-state index contributed by atoms with van der Waals surface area (Å²) in [4.78, 5) is 4.55. The summed E-state index contributed by atoms with van der Waals surface area (Å²) >= 11 is 7.43. The lowest BCUT2D eigenvalue weighted by atomic mass is 10.2. The molecule has 0 bridgehead atoms. The molecule has 0 aliphatic heterocycles. The molecule has 0 aliphatic carbocycles. The van der Waals surface area contributed by atoms with Crippen LogP contribution >= 0.6 is 22.9 Å². The van der Waals surface area contributed by atoms with Crippen LogP contribution in [0, 0.1) is 0 Å². The number of nitrogens with one attached hydrogen (secondary N) is 1. The SMILES string of the molecule is Clc1ccc(-c2csc(N/N=C\c3cccc(OCc4ccccc4)c3)n2)cc1. The average molecular weight is 420 g/mol. The highest BCUT2D eigenvalue weighted by Gasteiger charge is 2.04. The smallest absolute Gasteiger partial charge is 0.203 e. The molecule has 4 aromatic rings. The van der Waals surface area contributed by atoms with Gasteiger partial charge in [0.15, 0.2) is 0 Å². The number of halogens is 1. The van der Waals surface area contributed by atoms with Crippen molar-refractivity contribution >= 4 is 34.3 Å². The standard InChI is InChI=1S/C23H18ClN3OS/c24-20-11-9-19(10-12-20)22-16-29-23(26-22)27-25-14-18-7-4-8-21(13-18)28-15-17-5-2-1-3-6-17/h1-14,16H,15H2,(H,26,27)/b25-14-. The zero-order valence-corrected chi connectivity index (χ0v) is 17.0. The van der Waals surface area contributed by atoms with Gasteiger partial charge >= 0.3 is 0 Å². The van der Waals surface area contributed by atoms with Gasteiger partial charge < -0.3 is 4.74 Å². The number of hydrogen-bond donors (Lipinski definition) is 1. The third kappa shape index (κ3) is 5.44. The second-order valence-corrected chi connectivity index (χ2v) is 7.56. The molecule has 29 heavy (non-hydrogen) atoms. The van der Waals surface area contributed by atoms with Crippen molar-refractivity contribution in [2.24, 2.45) is 5.10 Å². The van der Waals surface area contributed by atoms with E-state index in [9.17, 15) is 0 Å². The molecule has 0 saturated heterocycles. The topological polar surface area (TPSA) is 46.5 Å². The van der Waals surface area contributed by atoms with E-state index in [-0.39, 0.29) is 0 Å². The minimum absolute atomic E-state index is 0.534. The summed E-state index contributed by atoms with van der Waals surface area (Å²) in [6, 6.07) is 25.5. The molecule has 0 amide bonds. The number of ether oxygens (including phenoxy) is 1. The number of anilines is 1. The van der Waals surface area contributed by atoms with E-state index in [1.165, 1.54) is 11.3 Å². The fourth-order valence-electron chi connectivity index (χ4n) is 2.67. The average Bonchev–Trinajstić information content (AvgIpc) is 3.23. The first-order valence-electron chi connectivity index (χ1n) is 9.03. The van der Waals surface area contributed by atoms with Gasteiger partial charge in [0.25, 0.3) is 0 Å². The largest absolute Gasteiger partial charge is 0.489 e. The van der Waals surface area contributed by atoms with Crippen LogP contribution in [0.25, 0.3) is 11.3 Å². The highest BCUT2D eigenvalue weighted by atomic mass is 35.5. The van der Waals surface area contributed by atoms with Crippen LogP contribution in [0.4, 0.5) is 5.13 Å². The van der Waals surface area contributed by atoms with E-state index < -0.39 is 0 Å². The quantitative estimate of drug-likeness (QED) is 0.275. The molecule has 1 aromatic heterocycles. The molecule has 0 fully saturated rings. The number of nitrogens with zero attached hydrogens (tertiary/aromatic N) is 2. The Kier molecular flexibility index (Phi) is 6.19. The van der Waals surface area contributed by atoms with Crippen LogP contribution in [0.3, 0.4) is 0 Å². The molecule has 0 aliphatic rings. The molecule has 6 heteroatoms. The van der Waals surface area contributed by atoms with E-state index in [1.54, 1.807) is 6.21 Å². The third-order valence-electron chi connectivity index (χ3n) is 4.12. The summed E-state index contributed by atoms with van der Waals surface area (Å²) < 4.78 is 5.86. The molecule has 144 valence electrons. The molecule has 0 saturated carbocycles. The molecule has 4 nitrogen and oxygen atoms in total. The molecule has 4 rings (SSSR count). The van der Waals surface area contributed by atoms with Crippen LogP contribution < -0.4 is 10.2 Å². The molecular formula is C23H18ClN3OS. The highest BCUT2D eigenvalue weighted by molar-refractivity contribution is 7.14. The van der Waals surface area contributed by atoms with E-state index in [2.05, 4.69) is 15.5 Å². The number of aromatic nitrogens is 1. The van der Waals surface area contributed by atoms with Gasteiger partial charge in [0, 0.05) is 16.0 Å². The lowest BCUT2D eigenvalue weighted by molar-refractivity contribution is 0.306. The first-order chi connectivity index (χ1) is 14.3. The normalized spacial score (nSPS) is 10.9. The molecule has 1 N–H and O–H groups in total. The minimum atomic E-state index is 0.534. The maximum atomic E-state index is 5.93. The molecule has 0 atom stereocenters. The fraction of sp³-hybridized carbons (Fsp3) is 0.0435. The van der Waals surface area contributed by atoms with Crippen LogP contribution in [0.5, 0.6) is 5.75 Å². The van der Waals surface area contributed by atoms with Crippen molar-refractivity contribution in [2.75, 3.05) is 5.43 Å². The Morgan fingerprint density at radius 3 is 2.66 bits per heavy atom. The van der Waals surface area contributed by atoms with E-state index in [0.29, 0.717) is 11.6 Å². The van der Waals surface area contributed by atoms with Crippen LogP contribution in [0.15, 0.2) is 89.3 Å². The van der Waals surface area contributed by atoms with E-state index in [0.717, 1.165) is 33.3 Å². The van der Waals surface area contributed by atoms with Gasteiger partial charge in [0.05, 0.1) is 11.9 Å². The Hall–Kier alpha value is -3.15. The predicted molar refractivity (Wildman–Crippen MR) is 121 cm³/mol. The van der Waals surface area contributed by atoms with Gasteiger partial charge in [0.2, 0.25) is 5.13 Å². The second-order valence-electron chi connectivity index (χ2n) is 6.26. The predicted octanol–water partition coefficient (Wildman–Crippen LogP) is 6.49. The summed E-state index contributed by atoms with van der Waals surface area (Å²) in [5, 5.41) is 7.71. The number of hydrazone groups is 1. The Bertz CT molecular complexity index is 1090. The van der Waals surface area contributed by atoms with E-state index in [4.69, 9.17) is 16.3 Å². The van der Waals surface area contributed by atoms with Crippen molar-refractivity contribution in [3.63, 3.8) is 0 Å². The molecule has 0 unspecified atom stereocenters. The molecule has 0 spiro atoms. The number of hydrogen-bond acceptors (Lipinski definition) is 5. The highest BCUT2D eigenvalue weighted by Crippen LogP contribution is 2.26. The summed E-state index contributed by atoms with van der Waals surface area (Å²) in [6.45, 7) is 0.534. The first-order valence-corrected chi connectivity index (χ1v) is 10.3. The first kappa shape index (κ1) is 19.2. The zero-order chi connectivity index (χ0) is 19.9. The Labute approximate surface area is 178 Å². The van der Waals surface area contributed by atoms with Gasteiger partial charge in [-0.15, -0.1) is 11.3 Å². The van der Waals surface area contributed by atoms with Crippen LogP contribution in [0.1, 0.15) is 11.1 Å². The van der Waals surface area contributed by atoms with Crippen molar-refractivity contribution in [3.05, 3.63) is 100 Å². The molecule has 3 aromatic carbocycles. The zero-order valence-electron chi connectivity index (χ0n) is 15.5. The summed E-state index contributed by atoms with van der Waals surface area (Å²) in [5.74, 6) is 0.803.